The minimum Gasteiger partial charge on any atom is -0.465 e. The van der Waals surface area contributed by atoms with Crippen LogP contribution in [-0.2, 0) is 16.0 Å². The lowest BCUT2D eigenvalue weighted by atomic mass is 10.1. The average molecular weight is 230 g/mol. The molecule has 2 N–H and O–H groups in total. The number of carbonyl (C=O) groups excluding carboxylic acids is 1. The van der Waals surface area contributed by atoms with E-state index >= 15 is 0 Å². The molecule has 0 bridgehead atoms. The normalized spacial score (nSPS) is 12.2. The standard InChI is InChI=1S/C10H12F2N2O2/c1-2-16-10(15)9(13)3-6-7(11)4-14-5-8(6)12/h4-5,9H,2-3,13H2,1H3. The fraction of sp³-hybridized carbons (Fsp3) is 0.400. The summed E-state index contributed by atoms with van der Waals surface area (Å²) in [6.45, 7) is 1.80. The van der Waals surface area contributed by atoms with E-state index in [9.17, 15) is 13.6 Å². The van der Waals surface area contributed by atoms with Gasteiger partial charge in [0.2, 0.25) is 0 Å². The van der Waals surface area contributed by atoms with Gasteiger partial charge in [0.05, 0.1) is 19.0 Å². The Kier molecular flexibility index (Phi) is 4.30. The quantitative estimate of drug-likeness (QED) is 0.777. The molecule has 88 valence electrons. The van der Waals surface area contributed by atoms with Crippen LogP contribution in [0, 0.1) is 11.6 Å². The highest BCUT2D eigenvalue weighted by atomic mass is 19.1. The molecule has 16 heavy (non-hydrogen) atoms. The molecule has 6 heteroatoms. The first-order valence-corrected chi connectivity index (χ1v) is 4.76. The van der Waals surface area contributed by atoms with Crippen molar-refractivity contribution in [3.8, 4) is 0 Å². The first kappa shape index (κ1) is 12.5. The summed E-state index contributed by atoms with van der Waals surface area (Å²) in [4.78, 5) is 14.5. The molecule has 1 rings (SSSR count). The molecular weight excluding hydrogens is 218 g/mol. The lowest BCUT2D eigenvalue weighted by molar-refractivity contribution is -0.144. The number of esters is 1. The lowest BCUT2D eigenvalue weighted by Gasteiger charge is -2.11. The van der Waals surface area contributed by atoms with Crippen molar-refractivity contribution in [1.29, 1.82) is 0 Å². The van der Waals surface area contributed by atoms with Gasteiger partial charge in [-0.05, 0) is 6.92 Å². The molecule has 0 aromatic carbocycles. The second-order valence-electron chi connectivity index (χ2n) is 3.14. The number of hydrogen-bond donors (Lipinski definition) is 1. The second-order valence-corrected chi connectivity index (χ2v) is 3.14. The van der Waals surface area contributed by atoms with Crippen LogP contribution in [0.15, 0.2) is 12.4 Å². The Balaban J connectivity index is 2.76. The van der Waals surface area contributed by atoms with Gasteiger partial charge in [-0.3, -0.25) is 9.78 Å². The largest absolute Gasteiger partial charge is 0.465 e. The molecule has 0 spiro atoms. The number of nitrogens with two attached hydrogens (primary N) is 1. The minimum atomic E-state index is -1.08. The molecule has 0 amide bonds. The molecule has 1 unspecified atom stereocenters. The van der Waals surface area contributed by atoms with Gasteiger partial charge in [0, 0.05) is 12.0 Å². The zero-order valence-corrected chi connectivity index (χ0v) is 8.74. The zero-order chi connectivity index (χ0) is 12.1. The van der Waals surface area contributed by atoms with E-state index in [1.807, 2.05) is 0 Å². The maximum absolute atomic E-state index is 13.1. The number of aromatic nitrogens is 1. The molecule has 1 atom stereocenters. The predicted molar refractivity (Wildman–Crippen MR) is 52.5 cm³/mol. The Bertz CT molecular complexity index is 365. The third kappa shape index (κ3) is 2.96. The number of halogens is 2. The molecular formula is C10H12F2N2O2. The summed E-state index contributed by atoms with van der Waals surface area (Å²) in [5, 5.41) is 0. The average Bonchev–Trinajstić information content (AvgIpc) is 2.23. The summed E-state index contributed by atoms with van der Waals surface area (Å²) >= 11 is 0. The molecule has 0 saturated carbocycles. The van der Waals surface area contributed by atoms with Gasteiger partial charge in [-0.25, -0.2) is 8.78 Å². The number of carbonyl (C=O) groups is 1. The number of hydrogen-bond acceptors (Lipinski definition) is 4. The molecule has 0 aliphatic carbocycles. The highest BCUT2D eigenvalue weighted by Gasteiger charge is 2.19. The van der Waals surface area contributed by atoms with Crippen molar-refractivity contribution in [3.05, 3.63) is 29.6 Å². The maximum atomic E-state index is 13.1. The fourth-order valence-electron chi connectivity index (χ4n) is 1.19. The van der Waals surface area contributed by atoms with E-state index in [1.165, 1.54) is 0 Å². The molecule has 1 aromatic rings. The van der Waals surface area contributed by atoms with Crippen LogP contribution >= 0.6 is 0 Å². The predicted octanol–water partition coefficient (Wildman–Crippen LogP) is 0.793. The van der Waals surface area contributed by atoms with Crippen LogP contribution in [0.1, 0.15) is 12.5 Å². The topological polar surface area (TPSA) is 65.2 Å². The molecule has 1 heterocycles. The van der Waals surface area contributed by atoms with Crippen LogP contribution in [0.4, 0.5) is 8.78 Å². The third-order valence-corrected chi connectivity index (χ3v) is 1.97. The number of nitrogens with zero attached hydrogens (tertiary/aromatic N) is 1. The van der Waals surface area contributed by atoms with E-state index < -0.39 is 23.6 Å². The van der Waals surface area contributed by atoms with Gasteiger partial charge in [-0.15, -0.1) is 0 Å². The second kappa shape index (κ2) is 5.50. The van der Waals surface area contributed by atoms with Gasteiger partial charge in [0.15, 0.2) is 0 Å². The zero-order valence-electron chi connectivity index (χ0n) is 8.74. The Labute approximate surface area is 91.4 Å². The summed E-state index contributed by atoms with van der Waals surface area (Å²) in [7, 11) is 0. The highest BCUT2D eigenvalue weighted by Crippen LogP contribution is 2.12. The lowest BCUT2D eigenvalue weighted by Crippen LogP contribution is -2.35. The summed E-state index contributed by atoms with van der Waals surface area (Å²) in [6, 6.07) is -1.08. The van der Waals surface area contributed by atoms with Crippen LogP contribution in [0.25, 0.3) is 0 Å². The highest BCUT2D eigenvalue weighted by molar-refractivity contribution is 5.75. The fourth-order valence-corrected chi connectivity index (χ4v) is 1.19. The number of ether oxygens (including phenoxy) is 1. The van der Waals surface area contributed by atoms with E-state index in [0.29, 0.717) is 0 Å². The summed E-state index contributed by atoms with van der Waals surface area (Å²) in [6.07, 6.45) is 1.49. The Morgan fingerprint density at radius 3 is 2.56 bits per heavy atom. The molecule has 0 saturated heterocycles. The Hall–Kier alpha value is -1.56. The summed E-state index contributed by atoms with van der Waals surface area (Å²) in [5.74, 6) is -2.32. The number of rotatable bonds is 4. The van der Waals surface area contributed by atoms with E-state index in [0.717, 1.165) is 12.4 Å². The van der Waals surface area contributed by atoms with Crippen molar-refractivity contribution in [2.24, 2.45) is 5.73 Å². The smallest absolute Gasteiger partial charge is 0.323 e. The number of pyridine rings is 1. The van der Waals surface area contributed by atoms with E-state index in [-0.39, 0.29) is 18.6 Å². The van der Waals surface area contributed by atoms with Gasteiger partial charge < -0.3 is 10.5 Å². The van der Waals surface area contributed by atoms with Gasteiger partial charge in [-0.1, -0.05) is 0 Å². The summed E-state index contributed by atoms with van der Waals surface area (Å²) in [5.41, 5.74) is 5.19. The Morgan fingerprint density at radius 2 is 2.06 bits per heavy atom. The molecule has 0 fully saturated rings. The molecule has 4 nitrogen and oxygen atoms in total. The van der Waals surface area contributed by atoms with E-state index in [2.05, 4.69) is 9.72 Å². The van der Waals surface area contributed by atoms with Crippen LogP contribution in [0.3, 0.4) is 0 Å². The first-order valence-electron chi connectivity index (χ1n) is 4.76. The Morgan fingerprint density at radius 1 is 1.50 bits per heavy atom. The third-order valence-electron chi connectivity index (χ3n) is 1.97. The SMILES string of the molecule is CCOC(=O)C(N)Cc1c(F)cncc1F. The monoisotopic (exact) mass is 230 g/mol. The first-order chi connectivity index (χ1) is 7.56. The molecule has 0 aliphatic rings. The molecule has 0 aliphatic heterocycles. The van der Waals surface area contributed by atoms with E-state index in [1.54, 1.807) is 6.92 Å². The maximum Gasteiger partial charge on any atom is 0.323 e. The van der Waals surface area contributed by atoms with Crippen molar-refractivity contribution in [2.75, 3.05) is 6.61 Å². The van der Waals surface area contributed by atoms with Crippen LogP contribution in [0.2, 0.25) is 0 Å². The molecule has 1 aromatic heterocycles. The summed E-state index contributed by atoms with van der Waals surface area (Å²) < 4.78 is 30.9. The van der Waals surface area contributed by atoms with Crippen LogP contribution < -0.4 is 5.73 Å². The minimum absolute atomic E-state index is 0.174. The van der Waals surface area contributed by atoms with Crippen molar-refractivity contribution < 1.29 is 18.3 Å². The van der Waals surface area contributed by atoms with E-state index in [4.69, 9.17) is 5.73 Å². The van der Waals surface area contributed by atoms with Gasteiger partial charge >= 0.3 is 5.97 Å². The van der Waals surface area contributed by atoms with Gasteiger partial charge in [0.1, 0.15) is 17.7 Å². The van der Waals surface area contributed by atoms with Gasteiger partial charge in [-0.2, -0.15) is 0 Å². The van der Waals surface area contributed by atoms with Crippen molar-refractivity contribution in [2.45, 2.75) is 19.4 Å². The van der Waals surface area contributed by atoms with Crippen molar-refractivity contribution >= 4 is 5.97 Å². The molecule has 0 radical (unpaired) electrons. The van der Waals surface area contributed by atoms with Gasteiger partial charge in [0.25, 0.3) is 0 Å². The van der Waals surface area contributed by atoms with Crippen LogP contribution in [-0.4, -0.2) is 23.6 Å². The van der Waals surface area contributed by atoms with Crippen molar-refractivity contribution in [1.82, 2.24) is 4.98 Å². The van der Waals surface area contributed by atoms with Crippen molar-refractivity contribution in [3.63, 3.8) is 0 Å². The van der Waals surface area contributed by atoms with Crippen LogP contribution in [0.5, 0.6) is 0 Å².